The van der Waals surface area contributed by atoms with Crippen molar-refractivity contribution >= 4 is 44.3 Å². The Bertz CT molecular complexity index is 1810. The Hall–Kier alpha value is -4.71. The van der Waals surface area contributed by atoms with Crippen LogP contribution in [0.5, 0.6) is 5.75 Å². The number of carbonyl (C=O) groups excluding carboxylic acids is 3. The summed E-state index contributed by atoms with van der Waals surface area (Å²) >= 11 is 0. The number of sulfonamides is 1. The van der Waals surface area contributed by atoms with Gasteiger partial charge in [-0.2, -0.15) is 0 Å². The standard InChI is InChI=1S/C32H32FN3O7S/c1-34-32(39)21(9-5-6-10-29(38)43-18-20-7-3-2-4-8-20)15-23(37)19-42-24-12-13-25-28(17-24)44(40,41)36-31-26-16-22(33)11-14-27(26)35-30(25)31/h2-4,7-8,11-14,16-17,21,35-36H,5-6,9-10,15,18-19H2,1H3,(H,34,39). The van der Waals surface area contributed by atoms with E-state index in [4.69, 9.17) is 9.47 Å². The third-order valence-electron chi connectivity index (χ3n) is 7.43. The van der Waals surface area contributed by atoms with Crippen molar-refractivity contribution in [3.05, 3.63) is 78.1 Å². The van der Waals surface area contributed by atoms with Crippen molar-refractivity contribution in [3.63, 3.8) is 0 Å². The van der Waals surface area contributed by atoms with Crippen molar-refractivity contribution in [1.29, 1.82) is 0 Å². The van der Waals surface area contributed by atoms with E-state index in [0.717, 1.165) is 5.56 Å². The molecule has 12 heteroatoms. The summed E-state index contributed by atoms with van der Waals surface area (Å²) in [6.45, 7) is -0.157. The summed E-state index contributed by atoms with van der Waals surface area (Å²) in [5.41, 5.74) is 2.62. The van der Waals surface area contributed by atoms with Gasteiger partial charge >= 0.3 is 5.97 Å². The lowest BCUT2D eigenvalue weighted by atomic mass is 9.95. The van der Waals surface area contributed by atoms with E-state index in [1.54, 1.807) is 12.1 Å². The summed E-state index contributed by atoms with van der Waals surface area (Å²) in [5, 5.41) is 2.99. The van der Waals surface area contributed by atoms with Gasteiger partial charge in [0.25, 0.3) is 10.0 Å². The number of Topliss-reactive ketones (excluding diaryl/α,β-unsaturated/α-hetero) is 1. The molecule has 10 nitrogen and oxygen atoms in total. The van der Waals surface area contributed by atoms with Crippen LogP contribution in [-0.2, 0) is 35.8 Å². The van der Waals surface area contributed by atoms with E-state index >= 15 is 0 Å². The number of amides is 1. The van der Waals surface area contributed by atoms with E-state index < -0.39 is 21.8 Å². The Morgan fingerprint density at radius 1 is 1.00 bits per heavy atom. The number of ether oxygens (including phenoxy) is 2. The number of esters is 1. The fourth-order valence-corrected chi connectivity index (χ4v) is 6.50. The molecule has 2 heterocycles. The van der Waals surface area contributed by atoms with Crippen LogP contribution < -0.4 is 14.8 Å². The van der Waals surface area contributed by atoms with Crippen molar-refractivity contribution < 1.29 is 36.7 Å². The Kier molecular flexibility index (Phi) is 9.29. The number of benzene rings is 3. The Morgan fingerprint density at radius 3 is 2.57 bits per heavy atom. The second-order valence-corrected chi connectivity index (χ2v) is 12.2. The van der Waals surface area contributed by atoms with Crippen LogP contribution in [0.4, 0.5) is 10.1 Å². The number of carbonyl (C=O) groups is 3. The lowest BCUT2D eigenvalue weighted by molar-refractivity contribution is -0.145. The second kappa shape index (κ2) is 13.3. The van der Waals surface area contributed by atoms with Gasteiger partial charge in [-0.25, -0.2) is 12.8 Å². The molecule has 0 fully saturated rings. The minimum absolute atomic E-state index is 0.0486. The van der Waals surface area contributed by atoms with Crippen molar-refractivity contribution in [2.24, 2.45) is 5.92 Å². The lowest BCUT2D eigenvalue weighted by Gasteiger charge is -2.20. The van der Waals surface area contributed by atoms with E-state index in [2.05, 4.69) is 15.0 Å². The molecule has 3 N–H and O–H groups in total. The van der Waals surface area contributed by atoms with Gasteiger partial charge in [0.1, 0.15) is 29.7 Å². The highest BCUT2D eigenvalue weighted by molar-refractivity contribution is 7.93. The molecule has 5 rings (SSSR count). The fourth-order valence-electron chi connectivity index (χ4n) is 5.18. The number of anilines is 1. The van der Waals surface area contributed by atoms with Crippen molar-refractivity contribution in [2.75, 3.05) is 18.4 Å². The molecule has 0 bridgehead atoms. The minimum Gasteiger partial charge on any atom is -0.486 e. The number of ketones is 1. The van der Waals surface area contributed by atoms with Gasteiger partial charge < -0.3 is 19.8 Å². The molecule has 4 aromatic rings. The first-order valence-corrected chi connectivity index (χ1v) is 15.7. The molecule has 0 saturated heterocycles. The highest BCUT2D eigenvalue weighted by atomic mass is 32.2. The monoisotopic (exact) mass is 621 g/mol. The van der Waals surface area contributed by atoms with Crippen molar-refractivity contribution in [1.82, 2.24) is 10.3 Å². The number of rotatable bonds is 13. The number of unbranched alkanes of at least 4 members (excludes halogenated alkanes) is 1. The average Bonchev–Trinajstić information content (AvgIpc) is 3.37. The maximum Gasteiger partial charge on any atom is 0.306 e. The van der Waals surface area contributed by atoms with Gasteiger partial charge in [-0.05, 0) is 48.7 Å². The molecule has 0 aliphatic carbocycles. The summed E-state index contributed by atoms with van der Waals surface area (Å²) in [7, 11) is -2.51. The molecule has 0 spiro atoms. The first kappa shape index (κ1) is 30.7. The number of hydrogen-bond donors (Lipinski definition) is 3. The van der Waals surface area contributed by atoms with Gasteiger partial charge in [0.05, 0.1) is 11.4 Å². The fraction of sp³-hybridized carbons (Fsp3) is 0.281. The Morgan fingerprint density at radius 2 is 1.80 bits per heavy atom. The van der Waals surface area contributed by atoms with Crippen LogP contribution in [0, 0.1) is 11.7 Å². The lowest BCUT2D eigenvalue weighted by Crippen LogP contribution is -2.30. The zero-order valence-electron chi connectivity index (χ0n) is 24.0. The number of nitrogens with one attached hydrogen (secondary N) is 3. The number of aromatic amines is 1. The molecule has 0 saturated carbocycles. The van der Waals surface area contributed by atoms with Crippen LogP contribution in [-0.4, -0.2) is 44.7 Å². The molecule has 1 aliphatic heterocycles. The van der Waals surface area contributed by atoms with Crippen LogP contribution in [0.15, 0.2) is 71.6 Å². The van der Waals surface area contributed by atoms with Gasteiger partial charge in [-0.1, -0.05) is 36.8 Å². The number of fused-ring (bicyclic) bond motifs is 5. The SMILES string of the molecule is CNC(=O)C(CCCCC(=O)OCc1ccccc1)CC(=O)COc1ccc2c(c1)S(=O)(=O)Nc1c-2[nH]c2ccc(F)cc12. The minimum atomic E-state index is -4.00. The van der Waals surface area contributed by atoms with Crippen LogP contribution in [0.2, 0.25) is 0 Å². The van der Waals surface area contributed by atoms with E-state index in [1.165, 1.54) is 31.3 Å². The molecule has 44 heavy (non-hydrogen) atoms. The number of H-pyrrole nitrogens is 1. The van der Waals surface area contributed by atoms with Crippen LogP contribution in [0.3, 0.4) is 0 Å². The normalized spacial score (nSPS) is 13.7. The van der Waals surface area contributed by atoms with Crippen molar-refractivity contribution in [2.45, 2.75) is 43.6 Å². The third kappa shape index (κ3) is 7.08. The molecule has 230 valence electrons. The topological polar surface area (TPSA) is 144 Å². The van der Waals surface area contributed by atoms with Gasteiger partial charge in [0.15, 0.2) is 5.78 Å². The van der Waals surface area contributed by atoms with Gasteiger partial charge in [0.2, 0.25) is 5.91 Å². The zero-order valence-corrected chi connectivity index (χ0v) is 24.8. The molecule has 1 amide bonds. The summed E-state index contributed by atoms with van der Waals surface area (Å²) in [6, 6.07) is 17.9. The zero-order chi connectivity index (χ0) is 31.3. The van der Waals surface area contributed by atoms with Crippen LogP contribution in [0.1, 0.15) is 37.7 Å². The Labute approximate surface area is 254 Å². The number of aromatic nitrogens is 1. The van der Waals surface area contributed by atoms with Gasteiger partial charge in [-0.3, -0.25) is 19.1 Å². The third-order valence-corrected chi connectivity index (χ3v) is 8.82. The quantitative estimate of drug-likeness (QED) is 0.139. The molecule has 1 unspecified atom stereocenters. The van der Waals surface area contributed by atoms with Gasteiger partial charge in [0, 0.05) is 48.3 Å². The predicted octanol–water partition coefficient (Wildman–Crippen LogP) is 5.09. The van der Waals surface area contributed by atoms with E-state index in [0.29, 0.717) is 41.4 Å². The largest absolute Gasteiger partial charge is 0.486 e. The first-order chi connectivity index (χ1) is 21.1. The van der Waals surface area contributed by atoms with Gasteiger partial charge in [-0.15, -0.1) is 0 Å². The maximum atomic E-state index is 13.8. The van der Waals surface area contributed by atoms with Crippen LogP contribution >= 0.6 is 0 Å². The maximum absolute atomic E-state index is 13.8. The number of halogens is 1. The van der Waals surface area contributed by atoms with E-state index in [9.17, 15) is 27.2 Å². The summed E-state index contributed by atoms with van der Waals surface area (Å²) in [4.78, 5) is 40.3. The number of hydrogen-bond acceptors (Lipinski definition) is 7. The smallest absolute Gasteiger partial charge is 0.306 e. The Balaban J connectivity index is 1.15. The molecule has 1 atom stereocenters. The summed E-state index contributed by atoms with van der Waals surface area (Å²) in [5.74, 6) is -1.87. The van der Waals surface area contributed by atoms with E-state index in [-0.39, 0.29) is 60.0 Å². The predicted molar refractivity (Wildman–Crippen MR) is 162 cm³/mol. The van der Waals surface area contributed by atoms with E-state index in [1.807, 2.05) is 30.3 Å². The molecular formula is C32H32FN3O7S. The van der Waals surface area contributed by atoms with Crippen molar-refractivity contribution in [3.8, 4) is 17.0 Å². The highest BCUT2D eigenvalue weighted by Crippen LogP contribution is 2.44. The molecule has 0 radical (unpaired) electrons. The molecule has 1 aromatic heterocycles. The summed E-state index contributed by atoms with van der Waals surface area (Å²) in [6.07, 6.45) is 1.59. The molecule has 1 aliphatic rings. The first-order valence-electron chi connectivity index (χ1n) is 14.2. The molecular weight excluding hydrogens is 589 g/mol. The summed E-state index contributed by atoms with van der Waals surface area (Å²) < 4.78 is 53.4. The molecule has 3 aromatic carbocycles. The average molecular weight is 622 g/mol. The second-order valence-electron chi connectivity index (χ2n) is 10.6. The highest BCUT2D eigenvalue weighted by Gasteiger charge is 2.31. The van der Waals surface area contributed by atoms with Crippen LogP contribution in [0.25, 0.3) is 22.2 Å².